The molecule has 0 radical (unpaired) electrons. The van der Waals surface area contributed by atoms with Gasteiger partial charge in [0.25, 0.3) is 5.91 Å². The second-order valence-electron chi connectivity index (χ2n) is 4.47. The van der Waals surface area contributed by atoms with E-state index in [-0.39, 0.29) is 11.9 Å². The molecule has 0 spiro atoms. The van der Waals surface area contributed by atoms with E-state index in [9.17, 15) is 4.79 Å². The Morgan fingerprint density at radius 3 is 2.75 bits per heavy atom. The Kier molecular flexibility index (Phi) is 4.28. The van der Waals surface area contributed by atoms with Crippen molar-refractivity contribution >= 4 is 11.7 Å². The van der Waals surface area contributed by atoms with Crippen LogP contribution in [0.15, 0.2) is 18.3 Å². The zero-order valence-electron chi connectivity index (χ0n) is 10.0. The maximum absolute atomic E-state index is 11.8. The lowest BCUT2D eigenvalue weighted by Gasteiger charge is -2.15. The van der Waals surface area contributed by atoms with E-state index in [2.05, 4.69) is 24.1 Å². The van der Waals surface area contributed by atoms with Crippen LogP contribution in [-0.2, 0) is 0 Å². The zero-order chi connectivity index (χ0) is 12.1. The number of pyridine rings is 1. The van der Waals surface area contributed by atoms with E-state index in [4.69, 9.17) is 5.73 Å². The van der Waals surface area contributed by atoms with Gasteiger partial charge >= 0.3 is 0 Å². The third kappa shape index (κ3) is 3.88. The largest absolute Gasteiger partial charge is 0.384 e. The van der Waals surface area contributed by atoms with Crippen molar-refractivity contribution in [3.8, 4) is 0 Å². The molecule has 4 heteroatoms. The van der Waals surface area contributed by atoms with Gasteiger partial charge in [0.2, 0.25) is 0 Å². The number of amides is 1. The average Bonchev–Trinajstić information content (AvgIpc) is 2.16. The molecule has 4 nitrogen and oxygen atoms in total. The topological polar surface area (TPSA) is 68.0 Å². The number of nitrogens with two attached hydrogens (primary N) is 1. The maximum atomic E-state index is 11.8. The molecule has 0 saturated carbocycles. The Balaban J connectivity index is 2.59. The van der Waals surface area contributed by atoms with Crippen LogP contribution in [0.25, 0.3) is 0 Å². The first-order chi connectivity index (χ1) is 7.49. The highest BCUT2D eigenvalue weighted by Gasteiger charge is 2.11. The number of hydrogen-bond donors (Lipinski definition) is 2. The Hall–Kier alpha value is -1.58. The SMILES string of the molecule is CC(C)CC(C)NC(=O)c1ccnc(N)c1. The predicted octanol–water partition coefficient (Wildman–Crippen LogP) is 1.83. The zero-order valence-corrected chi connectivity index (χ0v) is 10.0. The van der Waals surface area contributed by atoms with Crippen LogP contribution in [0, 0.1) is 5.92 Å². The highest BCUT2D eigenvalue weighted by Crippen LogP contribution is 2.07. The molecule has 1 atom stereocenters. The average molecular weight is 221 g/mol. The van der Waals surface area contributed by atoms with Gasteiger partial charge in [-0.15, -0.1) is 0 Å². The molecule has 0 saturated heterocycles. The van der Waals surface area contributed by atoms with Gasteiger partial charge in [-0.1, -0.05) is 13.8 Å². The molecule has 1 rings (SSSR count). The third-order valence-electron chi connectivity index (χ3n) is 2.25. The van der Waals surface area contributed by atoms with Gasteiger partial charge in [0.1, 0.15) is 5.82 Å². The normalized spacial score (nSPS) is 12.5. The number of nitrogens with zero attached hydrogens (tertiary/aromatic N) is 1. The summed E-state index contributed by atoms with van der Waals surface area (Å²) in [6.07, 6.45) is 2.50. The first-order valence-electron chi connectivity index (χ1n) is 5.51. The molecule has 0 fully saturated rings. The van der Waals surface area contributed by atoms with Crippen LogP contribution in [-0.4, -0.2) is 16.9 Å². The summed E-state index contributed by atoms with van der Waals surface area (Å²) in [6, 6.07) is 3.41. The molecular weight excluding hydrogens is 202 g/mol. The molecule has 1 heterocycles. The number of aromatic nitrogens is 1. The Bertz CT molecular complexity index is 363. The molecule has 88 valence electrons. The second-order valence-corrected chi connectivity index (χ2v) is 4.47. The number of nitrogens with one attached hydrogen (secondary N) is 1. The molecule has 0 aromatic carbocycles. The lowest BCUT2D eigenvalue weighted by atomic mass is 10.0. The Morgan fingerprint density at radius 2 is 2.19 bits per heavy atom. The van der Waals surface area contributed by atoms with Gasteiger partial charge in [-0.2, -0.15) is 0 Å². The minimum atomic E-state index is -0.0951. The molecule has 0 bridgehead atoms. The predicted molar refractivity (Wildman–Crippen MR) is 65.0 cm³/mol. The van der Waals surface area contributed by atoms with Crippen LogP contribution in [0.4, 0.5) is 5.82 Å². The van der Waals surface area contributed by atoms with Gasteiger partial charge in [0.05, 0.1) is 0 Å². The highest BCUT2D eigenvalue weighted by atomic mass is 16.1. The first-order valence-corrected chi connectivity index (χ1v) is 5.51. The van der Waals surface area contributed by atoms with E-state index in [1.807, 2.05) is 6.92 Å². The fraction of sp³-hybridized carbons (Fsp3) is 0.500. The van der Waals surface area contributed by atoms with Gasteiger partial charge < -0.3 is 11.1 Å². The number of hydrogen-bond acceptors (Lipinski definition) is 3. The molecule has 1 amide bonds. The van der Waals surface area contributed by atoms with E-state index in [0.717, 1.165) is 6.42 Å². The van der Waals surface area contributed by atoms with Crippen LogP contribution in [0.5, 0.6) is 0 Å². The number of carbonyl (C=O) groups is 1. The summed E-state index contributed by atoms with van der Waals surface area (Å²) >= 11 is 0. The van der Waals surface area contributed by atoms with E-state index >= 15 is 0 Å². The van der Waals surface area contributed by atoms with Crippen LogP contribution >= 0.6 is 0 Å². The van der Waals surface area contributed by atoms with Gasteiger partial charge in [0.15, 0.2) is 0 Å². The summed E-state index contributed by atoms with van der Waals surface area (Å²) in [4.78, 5) is 15.6. The molecule has 3 N–H and O–H groups in total. The Morgan fingerprint density at radius 1 is 1.50 bits per heavy atom. The molecule has 1 unspecified atom stereocenters. The van der Waals surface area contributed by atoms with Crippen molar-refractivity contribution in [2.24, 2.45) is 5.92 Å². The van der Waals surface area contributed by atoms with Crippen LogP contribution in [0.2, 0.25) is 0 Å². The van der Waals surface area contributed by atoms with E-state index in [1.165, 1.54) is 6.20 Å². The van der Waals surface area contributed by atoms with Crippen molar-refractivity contribution in [3.05, 3.63) is 23.9 Å². The third-order valence-corrected chi connectivity index (χ3v) is 2.25. The van der Waals surface area contributed by atoms with Crippen molar-refractivity contribution < 1.29 is 4.79 Å². The molecule has 16 heavy (non-hydrogen) atoms. The quantitative estimate of drug-likeness (QED) is 0.815. The van der Waals surface area contributed by atoms with Gasteiger partial charge in [0, 0.05) is 17.8 Å². The van der Waals surface area contributed by atoms with E-state index in [1.54, 1.807) is 12.1 Å². The molecule has 0 aliphatic rings. The highest BCUT2D eigenvalue weighted by molar-refractivity contribution is 5.94. The van der Waals surface area contributed by atoms with E-state index < -0.39 is 0 Å². The maximum Gasteiger partial charge on any atom is 0.251 e. The van der Waals surface area contributed by atoms with Gasteiger partial charge in [-0.05, 0) is 31.4 Å². The number of nitrogen functional groups attached to an aromatic ring is 1. The summed E-state index contributed by atoms with van der Waals surface area (Å²) in [5, 5.41) is 2.93. The molecule has 0 aliphatic carbocycles. The van der Waals surface area contributed by atoms with Crippen molar-refractivity contribution in [1.29, 1.82) is 0 Å². The second kappa shape index (κ2) is 5.49. The fourth-order valence-corrected chi connectivity index (χ4v) is 1.66. The first kappa shape index (κ1) is 12.5. The summed E-state index contributed by atoms with van der Waals surface area (Å²) < 4.78 is 0. The van der Waals surface area contributed by atoms with Crippen molar-refractivity contribution in [2.45, 2.75) is 33.2 Å². The number of carbonyl (C=O) groups excluding carboxylic acids is 1. The lowest BCUT2D eigenvalue weighted by Crippen LogP contribution is -2.33. The molecule has 1 aromatic rings. The number of anilines is 1. The minimum absolute atomic E-state index is 0.0951. The van der Waals surface area contributed by atoms with Crippen molar-refractivity contribution in [3.63, 3.8) is 0 Å². The standard InChI is InChI=1S/C12H19N3O/c1-8(2)6-9(3)15-12(16)10-4-5-14-11(13)7-10/h4-5,7-9H,6H2,1-3H3,(H2,13,14)(H,15,16). The molecule has 1 aromatic heterocycles. The smallest absolute Gasteiger partial charge is 0.251 e. The monoisotopic (exact) mass is 221 g/mol. The number of rotatable bonds is 4. The summed E-state index contributed by atoms with van der Waals surface area (Å²) in [6.45, 7) is 6.27. The van der Waals surface area contributed by atoms with Gasteiger partial charge in [-0.25, -0.2) is 4.98 Å². The van der Waals surface area contributed by atoms with Crippen molar-refractivity contribution in [2.75, 3.05) is 5.73 Å². The Labute approximate surface area is 96.3 Å². The molecule has 0 aliphatic heterocycles. The minimum Gasteiger partial charge on any atom is -0.384 e. The van der Waals surface area contributed by atoms with Crippen LogP contribution in [0.1, 0.15) is 37.6 Å². The van der Waals surface area contributed by atoms with E-state index in [0.29, 0.717) is 17.3 Å². The van der Waals surface area contributed by atoms with Crippen molar-refractivity contribution in [1.82, 2.24) is 10.3 Å². The van der Waals surface area contributed by atoms with Gasteiger partial charge in [-0.3, -0.25) is 4.79 Å². The molecular formula is C12H19N3O. The summed E-state index contributed by atoms with van der Waals surface area (Å²) in [5.74, 6) is 0.837. The summed E-state index contributed by atoms with van der Waals surface area (Å²) in [5.41, 5.74) is 6.08. The summed E-state index contributed by atoms with van der Waals surface area (Å²) in [7, 11) is 0. The van der Waals surface area contributed by atoms with Crippen LogP contribution < -0.4 is 11.1 Å². The fourth-order valence-electron chi connectivity index (χ4n) is 1.66. The van der Waals surface area contributed by atoms with Crippen LogP contribution in [0.3, 0.4) is 0 Å². The lowest BCUT2D eigenvalue weighted by molar-refractivity contribution is 0.0936.